The van der Waals surface area contributed by atoms with Gasteiger partial charge in [-0.1, -0.05) is 0 Å². The van der Waals surface area contributed by atoms with Crippen LogP contribution in [0.3, 0.4) is 0 Å². The summed E-state index contributed by atoms with van der Waals surface area (Å²) in [5.74, 6) is 0.764. The van der Waals surface area contributed by atoms with Crippen LogP contribution in [-0.2, 0) is 0 Å². The van der Waals surface area contributed by atoms with E-state index in [1.807, 2.05) is 7.05 Å². The average molecular weight is 141 g/mol. The molecule has 1 saturated heterocycles. The molecule has 2 atom stereocenters. The third kappa shape index (κ3) is 0.713. The van der Waals surface area contributed by atoms with Crippen LogP contribution in [0, 0.1) is 5.92 Å². The minimum Gasteiger partial charge on any atom is -0.324 e. The minimum absolute atomic E-state index is 0.170. The lowest BCUT2D eigenvalue weighted by Crippen LogP contribution is -2.55. The molecule has 10 heavy (non-hydrogen) atoms. The second kappa shape index (κ2) is 1.94. The summed E-state index contributed by atoms with van der Waals surface area (Å²) in [6, 6.07) is 0. The highest BCUT2D eigenvalue weighted by molar-refractivity contribution is 5.07. The zero-order valence-electron chi connectivity index (χ0n) is 6.43. The Hall–Kier alpha value is -0.120. The van der Waals surface area contributed by atoms with E-state index in [1.54, 1.807) is 0 Å². The topological polar surface area (TPSA) is 41.3 Å². The molecule has 0 unspecified atom stereocenters. The van der Waals surface area contributed by atoms with Crippen molar-refractivity contribution in [2.75, 3.05) is 20.1 Å². The molecule has 0 aromatic heterocycles. The quantitative estimate of drug-likeness (QED) is 0.519. The van der Waals surface area contributed by atoms with Crippen molar-refractivity contribution >= 4 is 0 Å². The van der Waals surface area contributed by atoms with E-state index in [-0.39, 0.29) is 5.54 Å². The highest BCUT2D eigenvalue weighted by atomic mass is 15.5. The molecule has 0 radical (unpaired) electrons. The monoisotopic (exact) mass is 141 g/mol. The number of nitrogens with one attached hydrogen (secondary N) is 1. The van der Waals surface area contributed by atoms with Gasteiger partial charge in [-0.15, -0.1) is 0 Å². The van der Waals surface area contributed by atoms with E-state index in [4.69, 9.17) is 5.73 Å². The lowest BCUT2D eigenvalue weighted by atomic mass is 9.70. The molecular weight excluding hydrogens is 126 g/mol. The smallest absolute Gasteiger partial charge is 0.0339 e. The molecule has 1 aliphatic heterocycles. The number of nitrogens with zero attached hydrogens (tertiary/aromatic N) is 1. The summed E-state index contributed by atoms with van der Waals surface area (Å²) in [6.45, 7) is 2.18. The van der Waals surface area contributed by atoms with E-state index in [2.05, 4.69) is 10.4 Å². The number of hydrazine groups is 1. The number of hydrogen-bond donors (Lipinski definition) is 2. The summed E-state index contributed by atoms with van der Waals surface area (Å²) >= 11 is 0. The Bertz CT molecular complexity index is 148. The zero-order chi connectivity index (χ0) is 7.19. The van der Waals surface area contributed by atoms with E-state index in [0.29, 0.717) is 0 Å². The number of hydrogen-bond acceptors (Lipinski definition) is 3. The Kier molecular flexibility index (Phi) is 1.27. The van der Waals surface area contributed by atoms with Crippen molar-refractivity contribution in [3.63, 3.8) is 0 Å². The number of fused-ring (bicyclic) bond motifs is 1. The molecule has 1 heterocycles. The molecule has 2 aliphatic rings. The van der Waals surface area contributed by atoms with Crippen LogP contribution in [0.5, 0.6) is 0 Å². The summed E-state index contributed by atoms with van der Waals surface area (Å²) in [4.78, 5) is 0. The van der Waals surface area contributed by atoms with E-state index >= 15 is 0 Å². The van der Waals surface area contributed by atoms with Gasteiger partial charge in [0.25, 0.3) is 0 Å². The van der Waals surface area contributed by atoms with Gasteiger partial charge in [-0.3, -0.25) is 5.43 Å². The van der Waals surface area contributed by atoms with Crippen molar-refractivity contribution in [3.8, 4) is 0 Å². The predicted octanol–water partition coefficient (Wildman–Crippen LogP) is -0.456. The Morgan fingerprint density at radius 2 is 2.50 bits per heavy atom. The first-order valence-corrected chi connectivity index (χ1v) is 3.96. The van der Waals surface area contributed by atoms with Crippen molar-refractivity contribution < 1.29 is 0 Å². The molecule has 0 amide bonds. The Morgan fingerprint density at radius 1 is 1.70 bits per heavy atom. The van der Waals surface area contributed by atoms with Gasteiger partial charge in [-0.2, -0.15) is 0 Å². The minimum atomic E-state index is 0.170. The van der Waals surface area contributed by atoms with E-state index in [9.17, 15) is 0 Å². The van der Waals surface area contributed by atoms with Crippen LogP contribution in [0.2, 0.25) is 0 Å². The molecule has 0 aromatic carbocycles. The maximum Gasteiger partial charge on any atom is 0.0339 e. The van der Waals surface area contributed by atoms with E-state index in [0.717, 1.165) is 19.0 Å². The molecule has 2 rings (SSSR count). The summed E-state index contributed by atoms with van der Waals surface area (Å²) in [5.41, 5.74) is 9.41. The van der Waals surface area contributed by atoms with Gasteiger partial charge in [0.2, 0.25) is 0 Å². The molecule has 0 bridgehead atoms. The van der Waals surface area contributed by atoms with Gasteiger partial charge in [0.1, 0.15) is 0 Å². The van der Waals surface area contributed by atoms with Crippen LogP contribution < -0.4 is 11.2 Å². The summed E-state index contributed by atoms with van der Waals surface area (Å²) in [5, 5.41) is 2.22. The number of rotatable bonds is 1. The summed E-state index contributed by atoms with van der Waals surface area (Å²) < 4.78 is 0. The molecule has 0 spiro atoms. The standard InChI is InChI=1S/C7H15N3/c1-9-10-4-6-2-3-7(6,8)5-10/h6,9H,2-5,8H2,1H3/t6-,7-/m0/s1. The van der Waals surface area contributed by atoms with Gasteiger partial charge in [0.05, 0.1) is 0 Å². The Labute approximate surface area is 61.5 Å². The van der Waals surface area contributed by atoms with Crippen LogP contribution in [0.15, 0.2) is 0 Å². The molecule has 1 aliphatic carbocycles. The second-order valence-corrected chi connectivity index (χ2v) is 3.57. The number of nitrogens with two attached hydrogens (primary N) is 1. The van der Waals surface area contributed by atoms with E-state index < -0.39 is 0 Å². The van der Waals surface area contributed by atoms with Crippen LogP contribution in [-0.4, -0.2) is 30.7 Å². The summed E-state index contributed by atoms with van der Waals surface area (Å²) in [7, 11) is 1.97. The predicted molar refractivity (Wildman–Crippen MR) is 40.3 cm³/mol. The Morgan fingerprint density at radius 3 is 2.80 bits per heavy atom. The van der Waals surface area contributed by atoms with E-state index in [1.165, 1.54) is 12.8 Å². The van der Waals surface area contributed by atoms with Crippen LogP contribution in [0.4, 0.5) is 0 Å². The molecule has 3 nitrogen and oxygen atoms in total. The molecule has 58 valence electrons. The fourth-order valence-electron chi connectivity index (χ4n) is 2.06. The zero-order valence-corrected chi connectivity index (χ0v) is 6.43. The van der Waals surface area contributed by atoms with Crippen LogP contribution >= 0.6 is 0 Å². The van der Waals surface area contributed by atoms with Gasteiger partial charge in [0, 0.05) is 18.6 Å². The van der Waals surface area contributed by atoms with Gasteiger partial charge in [0.15, 0.2) is 0 Å². The first kappa shape index (κ1) is 6.58. The van der Waals surface area contributed by atoms with Gasteiger partial charge < -0.3 is 5.73 Å². The highest BCUT2D eigenvalue weighted by Gasteiger charge is 2.49. The lowest BCUT2D eigenvalue weighted by Gasteiger charge is -2.40. The largest absolute Gasteiger partial charge is 0.324 e. The first-order chi connectivity index (χ1) is 4.74. The summed E-state index contributed by atoms with van der Waals surface area (Å²) in [6.07, 6.45) is 2.55. The van der Waals surface area contributed by atoms with Crippen molar-refractivity contribution in [1.82, 2.24) is 10.4 Å². The fraction of sp³-hybridized carbons (Fsp3) is 1.00. The van der Waals surface area contributed by atoms with Crippen LogP contribution in [0.25, 0.3) is 0 Å². The third-order valence-electron chi connectivity index (χ3n) is 3.01. The average Bonchev–Trinajstić information content (AvgIpc) is 2.13. The highest BCUT2D eigenvalue weighted by Crippen LogP contribution is 2.41. The molecule has 3 N–H and O–H groups in total. The molecule has 0 aromatic rings. The van der Waals surface area contributed by atoms with Gasteiger partial charge in [-0.05, 0) is 25.8 Å². The van der Waals surface area contributed by atoms with Gasteiger partial charge >= 0.3 is 0 Å². The molecule has 3 heteroatoms. The third-order valence-corrected chi connectivity index (χ3v) is 3.01. The fourth-order valence-corrected chi connectivity index (χ4v) is 2.06. The van der Waals surface area contributed by atoms with Crippen molar-refractivity contribution in [2.24, 2.45) is 11.7 Å². The van der Waals surface area contributed by atoms with Crippen molar-refractivity contribution in [3.05, 3.63) is 0 Å². The molecular formula is C7H15N3. The molecule has 2 fully saturated rings. The maximum absolute atomic E-state index is 6.09. The second-order valence-electron chi connectivity index (χ2n) is 3.57. The van der Waals surface area contributed by atoms with Crippen molar-refractivity contribution in [2.45, 2.75) is 18.4 Å². The maximum atomic E-state index is 6.09. The first-order valence-electron chi connectivity index (χ1n) is 3.96. The molecule has 1 saturated carbocycles. The van der Waals surface area contributed by atoms with Gasteiger partial charge in [-0.25, -0.2) is 5.01 Å². The lowest BCUT2D eigenvalue weighted by molar-refractivity contribution is 0.187. The SMILES string of the molecule is CNN1C[C@@H]2CC[C@]2(N)C1. The van der Waals surface area contributed by atoms with Crippen molar-refractivity contribution in [1.29, 1.82) is 0 Å². The Balaban J connectivity index is 2.02. The normalized spacial score (nSPS) is 46.8. The van der Waals surface area contributed by atoms with Crippen LogP contribution in [0.1, 0.15) is 12.8 Å².